The first-order valence-electron chi connectivity index (χ1n) is 4.82. The highest BCUT2D eigenvalue weighted by Gasteiger charge is 2.37. The summed E-state index contributed by atoms with van der Waals surface area (Å²) in [6.07, 6.45) is 5.01. The molecule has 78 valence electrons. The monoisotopic (exact) mass is 197 g/mol. The van der Waals surface area contributed by atoms with Gasteiger partial charge in [0.1, 0.15) is 12.9 Å². The molecule has 5 nitrogen and oxygen atoms in total. The van der Waals surface area contributed by atoms with Gasteiger partial charge in [0.15, 0.2) is 5.82 Å². The first kappa shape index (κ1) is 9.61. The average molecular weight is 197 g/mol. The molecule has 0 saturated heterocycles. The predicted molar refractivity (Wildman–Crippen MR) is 49.5 cm³/mol. The molecule has 5 heteroatoms. The van der Waals surface area contributed by atoms with Gasteiger partial charge in [0, 0.05) is 7.11 Å². The second-order valence-corrected chi connectivity index (χ2v) is 3.77. The molecule has 1 N–H and O–H groups in total. The number of rotatable bonds is 4. The fraction of sp³-hybridized carbons (Fsp3) is 0.778. The van der Waals surface area contributed by atoms with Gasteiger partial charge in [0.2, 0.25) is 0 Å². The highest BCUT2D eigenvalue weighted by molar-refractivity contribution is 4.93. The largest absolute Gasteiger partial charge is 0.388 e. The molecule has 1 aliphatic rings. The molecule has 1 aliphatic carbocycles. The SMILES string of the molecule is COC1(Cn2cnnc2CO)CCC1. The normalized spacial score (nSPS) is 19.3. The molecular weight excluding hydrogens is 182 g/mol. The molecular formula is C9H15N3O2. The minimum absolute atomic E-state index is 0.0493. The second-order valence-electron chi connectivity index (χ2n) is 3.77. The topological polar surface area (TPSA) is 60.2 Å². The quantitative estimate of drug-likeness (QED) is 0.756. The van der Waals surface area contributed by atoms with Crippen molar-refractivity contribution in [1.29, 1.82) is 0 Å². The lowest BCUT2D eigenvalue weighted by atomic mass is 9.80. The van der Waals surface area contributed by atoms with Gasteiger partial charge >= 0.3 is 0 Å². The first-order valence-corrected chi connectivity index (χ1v) is 4.82. The lowest BCUT2D eigenvalue weighted by Gasteiger charge is -2.40. The zero-order valence-corrected chi connectivity index (χ0v) is 8.31. The molecule has 0 aliphatic heterocycles. The van der Waals surface area contributed by atoms with Gasteiger partial charge in [-0.05, 0) is 19.3 Å². The van der Waals surface area contributed by atoms with Crippen molar-refractivity contribution in [3.8, 4) is 0 Å². The first-order chi connectivity index (χ1) is 6.79. The Morgan fingerprint density at radius 2 is 2.43 bits per heavy atom. The number of hydrogen-bond acceptors (Lipinski definition) is 4. The van der Waals surface area contributed by atoms with Crippen LogP contribution in [0.4, 0.5) is 0 Å². The maximum atomic E-state index is 9.00. The molecule has 1 heterocycles. The smallest absolute Gasteiger partial charge is 0.158 e. The Kier molecular flexibility index (Phi) is 2.52. The maximum absolute atomic E-state index is 9.00. The van der Waals surface area contributed by atoms with E-state index in [1.165, 1.54) is 6.42 Å². The fourth-order valence-corrected chi connectivity index (χ4v) is 1.84. The number of hydrogen-bond donors (Lipinski definition) is 1. The Labute approximate surface area is 82.7 Å². The molecule has 1 saturated carbocycles. The zero-order chi connectivity index (χ0) is 10.0. The third-order valence-corrected chi connectivity index (χ3v) is 2.99. The number of methoxy groups -OCH3 is 1. The van der Waals surface area contributed by atoms with E-state index in [2.05, 4.69) is 10.2 Å². The van der Waals surface area contributed by atoms with Crippen molar-refractivity contribution in [1.82, 2.24) is 14.8 Å². The lowest BCUT2D eigenvalue weighted by Crippen LogP contribution is -2.43. The van der Waals surface area contributed by atoms with Crippen LogP contribution in [-0.2, 0) is 17.9 Å². The van der Waals surface area contributed by atoms with Gasteiger partial charge in [0.05, 0.1) is 12.1 Å². The summed E-state index contributed by atoms with van der Waals surface area (Å²) in [7, 11) is 1.74. The van der Waals surface area contributed by atoms with Crippen molar-refractivity contribution in [2.24, 2.45) is 0 Å². The van der Waals surface area contributed by atoms with Crippen LogP contribution in [0.15, 0.2) is 6.33 Å². The number of ether oxygens (including phenoxy) is 1. The summed E-state index contributed by atoms with van der Waals surface area (Å²) in [6, 6.07) is 0. The van der Waals surface area contributed by atoms with Crippen molar-refractivity contribution in [2.75, 3.05) is 7.11 Å². The lowest BCUT2D eigenvalue weighted by molar-refractivity contribution is -0.0843. The predicted octanol–water partition coefficient (Wildman–Crippen LogP) is 0.339. The van der Waals surface area contributed by atoms with E-state index >= 15 is 0 Å². The van der Waals surface area contributed by atoms with Crippen LogP contribution in [0.25, 0.3) is 0 Å². The van der Waals surface area contributed by atoms with E-state index in [0.29, 0.717) is 5.82 Å². The Bertz CT molecular complexity index is 301. The highest BCUT2D eigenvalue weighted by atomic mass is 16.5. The maximum Gasteiger partial charge on any atom is 0.158 e. The Balaban J connectivity index is 2.09. The van der Waals surface area contributed by atoms with E-state index < -0.39 is 0 Å². The van der Waals surface area contributed by atoms with Crippen LogP contribution in [-0.4, -0.2) is 32.6 Å². The van der Waals surface area contributed by atoms with E-state index in [4.69, 9.17) is 9.84 Å². The van der Waals surface area contributed by atoms with Crippen LogP contribution in [0, 0.1) is 0 Å². The molecule has 2 rings (SSSR count). The Hall–Kier alpha value is -0.940. The third kappa shape index (κ3) is 1.53. The van der Waals surface area contributed by atoms with Crippen molar-refractivity contribution >= 4 is 0 Å². The van der Waals surface area contributed by atoms with Crippen molar-refractivity contribution in [3.63, 3.8) is 0 Å². The minimum atomic E-state index is -0.0696. The molecule has 1 aromatic rings. The number of aromatic nitrogens is 3. The van der Waals surface area contributed by atoms with Crippen molar-refractivity contribution in [2.45, 2.75) is 38.0 Å². The van der Waals surface area contributed by atoms with E-state index in [1.807, 2.05) is 4.57 Å². The van der Waals surface area contributed by atoms with E-state index in [1.54, 1.807) is 13.4 Å². The van der Waals surface area contributed by atoms with Crippen molar-refractivity contribution < 1.29 is 9.84 Å². The summed E-state index contributed by atoms with van der Waals surface area (Å²) < 4.78 is 7.35. The van der Waals surface area contributed by atoms with Gasteiger partial charge in [0.25, 0.3) is 0 Å². The van der Waals surface area contributed by atoms with Crippen molar-refractivity contribution in [3.05, 3.63) is 12.2 Å². The summed E-state index contributed by atoms with van der Waals surface area (Å²) in [5, 5.41) is 16.6. The standard InChI is InChI=1S/C9H15N3O2/c1-14-9(3-2-4-9)6-12-7-10-11-8(12)5-13/h7,13H,2-6H2,1H3. The van der Waals surface area contributed by atoms with Crippen LogP contribution in [0.3, 0.4) is 0 Å². The molecule has 0 amide bonds. The second kappa shape index (κ2) is 3.67. The molecule has 0 bridgehead atoms. The van der Waals surface area contributed by atoms with Crippen LogP contribution in [0.2, 0.25) is 0 Å². The molecule has 0 aromatic carbocycles. The van der Waals surface area contributed by atoms with Gasteiger partial charge in [-0.15, -0.1) is 10.2 Å². The zero-order valence-electron chi connectivity index (χ0n) is 8.31. The Morgan fingerprint density at radius 1 is 1.64 bits per heavy atom. The molecule has 1 aromatic heterocycles. The van der Waals surface area contributed by atoms with E-state index in [9.17, 15) is 0 Å². The number of aliphatic hydroxyl groups excluding tert-OH is 1. The summed E-state index contributed by atoms with van der Waals surface area (Å²) in [5.74, 6) is 0.605. The van der Waals surface area contributed by atoms with E-state index in [-0.39, 0.29) is 12.2 Å². The summed E-state index contributed by atoms with van der Waals surface area (Å²) in [5.41, 5.74) is -0.0493. The number of nitrogens with zero attached hydrogens (tertiary/aromatic N) is 3. The van der Waals surface area contributed by atoms with Crippen LogP contribution >= 0.6 is 0 Å². The molecule has 14 heavy (non-hydrogen) atoms. The van der Waals surface area contributed by atoms with Crippen LogP contribution in [0.1, 0.15) is 25.1 Å². The summed E-state index contributed by atoms with van der Waals surface area (Å²) in [6.45, 7) is 0.673. The van der Waals surface area contributed by atoms with Gasteiger partial charge in [-0.3, -0.25) is 0 Å². The van der Waals surface area contributed by atoms with Gasteiger partial charge < -0.3 is 14.4 Å². The van der Waals surface area contributed by atoms with Crippen LogP contribution < -0.4 is 0 Å². The fourth-order valence-electron chi connectivity index (χ4n) is 1.84. The minimum Gasteiger partial charge on any atom is -0.388 e. The van der Waals surface area contributed by atoms with Gasteiger partial charge in [-0.2, -0.15) is 0 Å². The van der Waals surface area contributed by atoms with Gasteiger partial charge in [-0.25, -0.2) is 0 Å². The molecule has 0 unspecified atom stereocenters. The van der Waals surface area contributed by atoms with E-state index in [0.717, 1.165) is 19.4 Å². The molecule has 0 atom stereocenters. The molecule has 0 spiro atoms. The Morgan fingerprint density at radius 3 is 2.93 bits per heavy atom. The summed E-state index contributed by atoms with van der Waals surface area (Å²) >= 11 is 0. The van der Waals surface area contributed by atoms with Crippen LogP contribution in [0.5, 0.6) is 0 Å². The molecule has 1 fully saturated rings. The molecule has 0 radical (unpaired) electrons. The summed E-state index contributed by atoms with van der Waals surface area (Å²) in [4.78, 5) is 0. The highest BCUT2D eigenvalue weighted by Crippen LogP contribution is 2.36. The van der Waals surface area contributed by atoms with Gasteiger partial charge in [-0.1, -0.05) is 0 Å². The number of aliphatic hydroxyl groups is 1. The third-order valence-electron chi connectivity index (χ3n) is 2.99. The average Bonchev–Trinajstić information content (AvgIpc) is 2.58.